The maximum Gasteiger partial charge on any atom is 0.306 e. The number of carbonyl (C=O) groups excluding carboxylic acids is 2. The van der Waals surface area contributed by atoms with Gasteiger partial charge in [0.25, 0.3) is 0 Å². The molecule has 0 bridgehead atoms. The van der Waals surface area contributed by atoms with Crippen LogP contribution < -0.4 is 5.32 Å². The molecule has 1 atom stereocenters. The highest BCUT2D eigenvalue weighted by atomic mass is 32.2. The van der Waals surface area contributed by atoms with E-state index in [2.05, 4.69) is 10.1 Å². The van der Waals surface area contributed by atoms with Gasteiger partial charge in [-0.15, -0.1) is 11.8 Å². The summed E-state index contributed by atoms with van der Waals surface area (Å²) in [6.45, 7) is 1.90. The molecule has 1 N–H and O–H groups in total. The van der Waals surface area contributed by atoms with Gasteiger partial charge in [-0.1, -0.05) is 25.1 Å². The van der Waals surface area contributed by atoms with E-state index >= 15 is 0 Å². The van der Waals surface area contributed by atoms with Crippen LogP contribution in [-0.2, 0) is 14.3 Å². The van der Waals surface area contributed by atoms with Crippen LogP contribution in [0.5, 0.6) is 0 Å². The molecule has 0 spiro atoms. The molecule has 0 heterocycles. The molecule has 1 aromatic rings. The van der Waals surface area contributed by atoms with Crippen molar-refractivity contribution in [3.05, 3.63) is 30.3 Å². The third-order valence-corrected chi connectivity index (χ3v) is 3.40. The van der Waals surface area contributed by atoms with E-state index in [-0.39, 0.29) is 17.1 Å². The minimum atomic E-state index is -0.251. The second-order valence-corrected chi connectivity index (χ2v) is 5.24. The van der Waals surface area contributed by atoms with Crippen molar-refractivity contribution in [2.45, 2.75) is 18.6 Å². The van der Waals surface area contributed by atoms with Gasteiger partial charge in [-0.05, 0) is 12.1 Å². The lowest BCUT2D eigenvalue weighted by Crippen LogP contribution is -2.17. The Bertz CT molecular complexity index is 394. The SMILES string of the molecule is COC(=O)CC(C)SCC(=O)Nc1ccccc1. The first-order valence-electron chi connectivity index (χ1n) is 5.65. The molecule has 5 heteroatoms. The van der Waals surface area contributed by atoms with Gasteiger partial charge in [-0.3, -0.25) is 9.59 Å². The van der Waals surface area contributed by atoms with E-state index in [1.54, 1.807) is 0 Å². The Labute approximate surface area is 111 Å². The molecule has 0 fully saturated rings. The van der Waals surface area contributed by atoms with Crippen LogP contribution in [0.2, 0.25) is 0 Å². The molecule has 0 saturated carbocycles. The summed E-state index contributed by atoms with van der Waals surface area (Å²) in [7, 11) is 1.36. The molecular formula is C13H17NO3S. The van der Waals surface area contributed by atoms with Gasteiger partial charge in [0, 0.05) is 10.9 Å². The summed E-state index contributed by atoms with van der Waals surface area (Å²) in [5.74, 6) is 0.00828. The van der Waals surface area contributed by atoms with Crippen molar-refractivity contribution in [2.24, 2.45) is 0 Å². The lowest BCUT2D eigenvalue weighted by atomic mass is 10.3. The molecule has 18 heavy (non-hydrogen) atoms. The van der Waals surface area contributed by atoms with Gasteiger partial charge in [-0.25, -0.2) is 0 Å². The number of amides is 1. The van der Waals surface area contributed by atoms with Crippen molar-refractivity contribution >= 4 is 29.3 Å². The zero-order valence-corrected chi connectivity index (χ0v) is 11.3. The maximum absolute atomic E-state index is 11.6. The third-order valence-electron chi connectivity index (χ3n) is 2.24. The lowest BCUT2D eigenvalue weighted by Gasteiger charge is -2.09. The third kappa shape index (κ3) is 5.72. The zero-order chi connectivity index (χ0) is 13.4. The fourth-order valence-electron chi connectivity index (χ4n) is 1.31. The Morgan fingerprint density at radius 2 is 2.00 bits per heavy atom. The minimum Gasteiger partial charge on any atom is -0.469 e. The number of hydrogen-bond donors (Lipinski definition) is 1. The van der Waals surface area contributed by atoms with Gasteiger partial charge in [0.1, 0.15) is 0 Å². The van der Waals surface area contributed by atoms with Crippen LogP contribution in [0.3, 0.4) is 0 Å². The molecule has 0 aliphatic carbocycles. The molecule has 0 radical (unpaired) electrons. The number of benzene rings is 1. The average Bonchev–Trinajstić information content (AvgIpc) is 2.37. The van der Waals surface area contributed by atoms with E-state index < -0.39 is 0 Å². The smallest absolute Gasteiger partial charge is 0.306 e. The van der Waals surface area contributed by atoms with E-state index in [9.17, 15) is 9.59 Å². The second kappa shape index (κ2) is 7.76. The number of methoxy groups -OCH3 is 1. The number of ether oxygens (including phenoxy) is 1. The van der Waals surface area contributed by atoms with Crippen LogP contribution in [0.25, 0.3) is 0 Å². The van der Waals surface area contributed by atoms with Gasteiger partial charge >= 0.3 is 5.97 Å². The number of carbonyl (C=O) groups is 2. The van der Waals surface area contributed by atoms with Crippen LogP contribution in [0.1, 0.15) is 13.3 Å². The molecule has 0 aliphatic heterocycles. The summed E-state index contributed by atoms with van der Waals surface area (Å²) in [5.41, 5.74) is 0.781. The highest BCUT2D eigenvalue weighted by Crippen LogP contribution is 2.15. The first kappa shape index (κ1) is 14.6. The second-order valence-electron chi connectivity index (χ2n) is 3.82. The van der Waals surface area contributed by atoms with E-state index in [1.165, 1.54) is 18.9 Å². The monoisotopic (exact) mass is 267 g/mol. The Morgan fingerprint density at radius 3 is 2.61 bits per heavy atom. The van der Waals surface area contributed by atoms with Crippen LogP contribution in [-0.4, -0.2) is 30.0 Å². The van der Waals surface area contributed by atoms with Gasteiger partial charge < -0.3 is 10.1 Å². The summed E-state index contributed by atoms with van der Waals surface area (Å²) >= 11 is 1.43. The molecule has 4 nitrogen and oxygen atoms in total. The number of rotatable bonds is 6. The summed E-state index contributed by atoms with van der Waals surface area (Å²) in [4.78, 5) is 22.6. The number of para-hydroxylation sites is 1. The molecule has 98 valence electrons. The average molecular weight is 267 g/mol. The Kier molecular flexibility index (Phi) is 6.28. The van der Waals surface area contributed by atoms with Gasteiger partial charge in [0.05, 0.1) is 19.3 Å². The molecule has 1 aromatic carbocycles. The molecular weight excluding hydrogens is 250 g/mol. The standard InChI is InChI=1S/C13H17NO3S/c1-10(8-13(16)17-2)18-9-12(15)14-11-6-4-3-5-7-11/h3-7,10H,8-9H2,1-2H3,(H,14,15). The first-order valence-corrected chi connectivity index (χ1v) is 6.70. The highest BCUT2D eigenvalue weighted by molar-refractivity contribution is 8.00. The van der Waals surface area contributed by atoms with E-state index in [0.717, 1.165) is 5.69 Å². The van der Waals surface area contributed by atoms with Crippen molar-refractivity contribution in [1.29, 1.82) is 0 Å². The quantitative estimate of drug-likeness (QED) is 0.804. The molecule has 1 amide bonds. The number of thioether (sulfide) groups is 1. The number of esters is 1. The van der Waals surface area contributed by atoms with Crippen molar-refractivity contribution in [2.75, 3.05) is 18.2 Å². The largest absolute Gasteiger partial charge is 0.469 e. The fraction of sp³-hybridized carbons (Fsp3) is 0.385. The predicted octanol–water partition coefficient (Wildman–Crippen LogP) is 2.31. The van der Waals surface area contributed by atoms with Crippen molar-refractivity contribution in [3.8, 4) is 0 Å². The number of anilines is 1. The van der Waals surface area contributed by atoms with Gasteiger partial charge in [0.15, 0.2) is 0 Å². The van der Waals surface area contributed by atoms with Crippen molar-refractivity contribution < 1.29 is 14.3 Å². The summed E-state index contributed by atoms with van der Waals surface area (Å²) in [6.07, 6.45) is 0.319. The summed E-state index contributed by atoms with van der Waals surface area (Å²) in [5, 5.41) is 2.86. The Balaban J connectivity index is 2.27. The van der Waals surface area contributed by atoms with Crippen LogP contribution in [0.15, 0.2) is 30.3 Å². The van der Waals surface area contributed by atoms with Crippen molar-refractivity contribution in [3.63, 3.8) is 0 Å². The maximum atomic E-state index is 11.6. The van der Waals surface area contributed by atoms with Gasteiger partial charge in [-0.2, -0.15) is 0 Å². The molecule has 1 unspecified atom stereocenters. The summed E-state index contributed by atoms with van der Waals surface area (Å²) in [6, 6.07) is 9.29. The molecule has 1 rings (SSSR count). The molecule has 0 aromatic heterocycles. The highest BCUT2D eigenvalue weighted by Gasteiger charge is 2.11. The predicted molar refractivity (Wildman–Crippen MR) is 73.6 cm³/mol. The van der Waals surface area contributed by atoms with Crippen molar-refractivity contribution in [1.82, 2.24) is 0 Å². The number of hydrogen-bond acceptors (Lipinski definition) is 4. The topological polar surface area (TPSA) is 55.4 Å². The van der Waals surface area contributed by atoms with E-state index in [0.29, 0.717) is 12.2 Å². The van der Waals surface area contributed by atoms with Crippen LogP contribution in [0.4, 0.5) is 5.69 Å². The Hall–Kier alpha value is -1.49. The Morgan fingerprint density at radius 1 is 1.33 bits per heavy atom. The summed E-state index contributed by atoms with van der Waals surface area (Å²) < 4.78 is 4.57. The van der Waals surface area contributed by atoms with Gasteiger partial charge in [0.2, 0.25) is 5.91 Å². The first-order chi connectivity index (χ1) is 8.61. The molecule has 0 aliphatic rings. The normalized spacial score (nSPS) is 11.7. The fourth-order valence-corrected chi connectivity index (χ4v) is 2.08. The lowest BCUT2D eigenvalue weighted by molar-refractivity contribution is -0.140. The van der Waals surface area contributed by atoms with E-state index in [1.807, 2.05) is 37.3 Å². The zero-order valence-electron chi connectivity index (χ0n) is 10.5. The van der Waals surface area contributed by atoms with Crippen LogP contribution in [0, 0.1) is 0 Å². The van der Waals surface area contributed by atoms with E-state index in [4.69, 9.17) is 0 Å². The number of nitrogens with one attached hydrogen (secondary N) is 1. The van der Waals surface area contributed by atoms with Crippen LogP contribution >= 0.6 is 11.8 Å². The minimum absolute atomic E-state index is 0.0667. The molecule has 0 saturated heterocycles.